The Labute approximate surface area is 88.7 Å². The number of benzene rings is 1. The fourth-order valence-electron chi connectivity index (χ4n) is 1.98. The van der Waals surface area contributed by atoms with Crippen LogP contribution in [0.1, 0.15) is 24.0 Å². The highest BCUT2D eigenvalue weighted by Gasteiger charge is 2.44. The third-order valence-electron chi connectivity index (χ3n) is 3.17. The molecule has 1 aliphatic rings. The first kappa shape index (κ1) is 10.6. The second-order valence-electron chi connectivity index (χ2n) is 4.26. The van der Waals surface area contributed by atoms with Gasteiger partial charge in [0.15, 0.2) is 0 Å². The number of methoxy groups -OCH3 is 1. The maximum atomic E-state index is 13.3. The van der Waals surface area contributed by atoms with Crippen LogP contribution in [0.2, 0.25) is 0 Å². The first-order valence-corrected chi connectivity index (χ1v) is 5.07. The summed E-state index contributed by atoms with van der Waals surface area (Å²) in [5.74, 6) is -0.262. The van der Waals surface area contributed by atoms with Crippen LogP contribution < -0.4 is 0 Å². The molecule has 1 N–H and O–H groups in total. The third kappa shape index (κ3) is 1.77. The number of hydrogen-bond donors (Lipinski definition) is 1. The van der Waals surface area contributed by atoms with Gasteiger partial charge in [-0.1, -0.05) is 12.1 Å². The Morgan fingerprint density at radius 3 is 2.67 bits per heavy atom. The van der Waals surface area contributed by atoms with Gasteiger partial charge in [-0.05, 0) is 24.1 Å². The van der Waals surface area contributed by atoms with Crippen molar-refractivity contribution in [3.63, 3.8) is 0 Å². The first-order chi connectivity index (χ1) is 7.05. The molecule has 0 unspecified atom stereocenters. The van der Waals surface area contributed by atoms with E-state index in [2.05, 4.69) is 0 Å². The van der Waals surface area contributed by atoms with Gasteiger partial charge in [-0.2, -0.15) is 0 Å². The molecule has 0 aromatic heterocycles. The van der Waals surface area contributed by atoms with Crippen molar-refractivity contribution in [2.45, 2.75) is 31.5 Å². The summed E-state index contributed by atoms with van der Waals surface area (Å²) in [7, 11) is 1.62. The topological polar surface area (TPSA) is 29.5 Å². The SMILES string of the molecule is COC1CC(O)(c2ccc(C)c(F)c2)C1. The standard InChI is InChI=1S/C12H15FO2/c1-8-3-4-9(5-11(8)13)12(14)6-10(7-12)15-2/h3-5,10,14H,6-7H2,1-2H3. The maximum Gasteiger partial charge on any atom is 0.126 e. The fraction of sp³-hybridized carbons (Fsp3) is 0.500. The average molecular weight is 210 g/mol. The van der Waals surface area contributed by atoms with E-state index < -0.39 is 5.60 Å². The van der Waals surface area contributed by atoms with Crippen LogP contribution in [0, 0.1) is 12.7 Å². The van der Waals surface area contributed by atoms with E-state index in [1.165, 1.54) is 6.07 Å². The van der Waals surface area contributed by atoms with Crippen molar-refractivity contribution in [2.24, 2.45) is 0 Å². The molecule has 15 heavy (non-hydrogen) atoms. The Kier molecular flexibility index (Phi) is 2.52. The Morgan fingerprint density at radius 2 is 2.13 bits per heavy atom. The molecule has 0 heterocycles. The normalized spacial score (nSPS) is 30.0. The minimum absolute atomic E-state index is 0.0966. The number of aryl methyl sites for hydroxylation is 1. The van der Waals surface area contributed by atoms with Gasteiger partial charge in [0, 0.05) is 20.0 Å². The van der Waals surface area contributed by atoms with Gasteiger partial charge in [0.25, 0.3) is 0 Å². The van der Waals surface area contributed by atoms with E-state index in [1.54, 1.807) is 26.2 Å². The smallest absolute Gasteiger partial charge is 0.126 e. The number of halogens is 1. The second-order valence-corrected chi connectivity index (χ2v) is 4.26. The molecule has 3 heteroatoms. The van der Waals surface area contributed by atoms with Crippen molar-refractivity contribution in [3.05, 3.63) is 35.1 Å². The molecule has 1 fully saturated rings. The Morgan fingerprint density at radius 1 is 1.47 bits per heavy atom. The zero-order chi connectivity index (χ0) is 11.1. The van der Waals surface area contributed by atoms with E-state index >= 15 is 0 Å². The molecule has 0 aliphatic heterocycles. The lowest BCUT2D eigenvalue weighted by molar-refractivity contribution is -0.133. The van der Waals surface area contributed by atoms with Gasteiger partial charge in [0.2, 0.25) is 0 Å². The maximum absolute atomic E-state index is 13.3. The number of aliphatic hydroxyl groups is 1. The van der Waals surface area contributed by atoms with Gasteiger partial charge in [-0.15, -0.1) is 0 Å². The molecule has 1 aliphatic carbocycles. The van der Waals surface area contributed by atoms with Gasteiger partial charge in [-0.25, -0.2) is 4.39 Å². The van der Waals surface area contributed by atoms with Gasteiger partial charge in [0.05, 0.1) is 11.7 Å². The van der Waals surface area contributed by atoms with E-state index in [4.69, 9.17) is 4.74 Å². The lowest BCUT2D eigenvalue weighted by atomic mass is 9.72. The van der Waals surface area contributed by atoms with Crippen molar-refractivity contribution < 1.29 is 14.2 Å². The minimum Gasteiger partial charge on any atom is -0.385 e. The summed E-state index contributed by atoms with van der Waals surface area (Å²) in [4.78, 5) is 0. The molecule has 0 radical (unpaired) electrons. The lowest BCUT2D eigenvalue weighted by Gasteiger charge is -2.43. The molecule has 1 saturated carbocycles. The number of ether oxygens (including phenoxy) is 1. The van der Waals surface area contributed by atoms with E-state index in [1.807, 2.05) is 0 Å². The summed E-state index contributed by atoms with van der Waals surface area (Å²) < 4.78 is 18.4. The molecule has 1 aromatic rings. The second kappa shape index (κ2) is 3.58. The van der Waals surface area contributed by atoms with Crippen LogP contribution in [-0.4, -0.2) is 18.3 Å². The lowest BCUT2D eigenvalue weighted by Crippen LogP contribution is -2.45. The summed E-state index contributed by atoms with van der Waals surface area (Å²) in [5.41, 5.74) is 0.360. The summed E-state index contributed by atoms with van der Waals surface area (Å²) >= 11 is 0. The van der Waals surface area contributed by atoms with Gasteiger partial charge >= 0.3 is 0 Å². The molecule has 0 saturated heterocycles. The van der Waals surface area contributed by atoms with E-state index in [0.717, 1.165) is 0 Å². The first-order valence-electron chi connectivity index (χ1n) is 5.07. The quantitative estimate of drug-likeness (QED) is 0.810. The average Bonchev–Trinajstić information content (AvgIpc) is 2.17. The van der Waals surface area contributed by atoms with Crippen LogP contribution in [0.4, 0.5) is 4.39 Å². The summed E-state index contributed by atoms with van der Waals surface area (Å²) in [6, 6.07) is 4.90. The van der Waals surface area contributed by atoms with E-state index in [9.17, 15) is 9.50 Å². The Balaban J connectivity index is 2.20. The molecule has 1 aromatic carbocycles. The van der Waals surface area contributed by atoms with Crippen molar-refractivity contribution in [1.82, 2.24) is 0 Å². The molecule has 0 atom stereocenters. The molecule has 0 amide bonds. The van der Waals surface area contributed by atoms with Crippen molar-refractivity contribution in [2.75, 3.05) is 7.11 Å². The highest BCUT2D eigenvalue weighted by atomic mass is 19.1. The molecule has 0 spiro atoms. The summed E-state index contributed by atoms with van der Waals surface area (Å²) in [6.45, 7) is 1.71. The molecular weight excluding hydrogens is 195 g/mol. The predicted molar refractivity (Wildman–Crippen MR) is 55.1 cm³/mol. The van der Waals surface area contributed by atoms with Crippen LogP contribution in [0.5, 0.6) is 0 Å². The summed E-state index contributed by atoms with van der Waals surface area (Å²) in [6.07, 6.45) is 1.19. The Hall–Kier alpha value is -0.930. The van der Waals surface area contributed by atoms with Gasteiger partial charge in [-0.3, -0.25) is 0 Å². The fourth-order valence-corrected chi connectivity index (χ4v) is 1.98. The van der Waals surface area contributed by atoms with Crippen LogP contribution in [0.15, 0.2) is 18.2 Å². The number of rotatable bonds is 2. The van der Waals surface area contributed by atoms with Crippen LogP contribution in [-0.2, 0) is 10.3 Å². The zero-order valence-electron chi connectivity index (χ0n) is 8.96. The van der Waals surface area contributed by atoms with Crippen LogP contribution >= 0.6 is 0 Å². The monoisotopic (exact) mass is 210 g/mol. The minimum atomic E-state index is -0.894. The Bertz CT molecular complexity index is 370. The third-order valence-corrected chi connectivity index (χ3v) is 3.17. The molecule has 0 bridgehead atoms. The molecule has 2 rings (SSSR count). The molecule has 2 nitrogen and oxygen atoms in total. The van der Waals surface area contributed by atoms with E-state index in [-0.39, 0.29) is 11.9 Å². The van der Waals surface area contributed by atoms with Crippen LogP contribution in [0.3, 0.4) is 0 Å². The van der Waals surface area contributed by atoms with Crippen molar-refractivity contribution >= 4 is 0 Å². The van der Waals surface area contributed by atoms with Crippen molar-refractivity contribution in [3.8, 4) is 0 Å². The van der Waals surface area contributed by atoms with Crippen LogP contribution in [0.25, 0.3) is 0 Å². The van der Waals surface area contributed by atoms with E-state index in [0.29, 0.717) is 24.0 Å². The summed E-state index contributed by atoms with van der Waals surface area (Å²) in [5, 5.41) is 10.2. The largest absolute Gasteiger partial charge is 0.385 e. The van der Waals surface area contributed by atoms with Gasteiger partial charge < -0.3 is 9.84 Å². The predicted octanol–water partition coefficient (Wildman–Crippen LogP) is 2.13. The highest BCUT2D eigenvalue weighted by Crippen LogP contribution is 2.42. The molecular formula is C12H15FO2. The van der Waals surface area contributed by atoms with Gasteiger partial charge in [0.1, 0.15) is 5.82 Å². The molecule has 82 valence electrons. The number of hydrogen-bond acceptors (Lipinski definition) is 2. The zero-order valence-corrected chi connectivity index (χ0v) is 8.96. The highest BCUT2D eigenvalue weighted by molar-refractivity contribution is 5.30. The van der Waals surface area contributed by atoms with Crippen molar-refractivity contribution in [1.29, 1.82) is 0 Å².